The molecule has 1 aromatic carbocycles. The average Bonchev–Trinajstić information content (AvgIpc) is 3.53. The predicted molar refractivity (Wildman–Crippen MR) is 128 cm³/mol. The van der Waals surface area contributed by atoms with E-state index in [1.807, 2.05) is 24.0 Å². The van der Waals surface area contributed by atoms with Crippen molar-refractivity contribution in [3.63, 3.8) is 0 Å². The molecule has 0 unspecified atom stereocenters. The molecule has 1 saturated carbocycles. The molecule has 6 rings (SSSR count). The number of phenols is 1. The second-order valence-corrected chi connectivity index (χ2v) is 11.8. The Morgan fingerprint density at radius 1 is 1.18 bits per heavy atom. The summed E-state index contributed by atoms with van der Waals surface area (Å²) in [4.78, 5) is 18.8. The Labute approximate surface area is 199 Å². The molecule has 2 aliphatic heterocycles. The lowest BCUT2D eigenvalue weighted by Gasteiger charge is -2.61. The number of amides is 1. The molecule has 2 aliphatic carbocycles. The molecule has 2 bridgehead atoms. The van der Waals surface area contributed by atoms with Crippen LogP contribution >= 0.6 is 11.5 Å². The van der Waals surface area contributed by atoms with Gasteiger partial charge in [-0.1, -0.05) is 6.07 Å². The molecule has 0 spiro atoms. The number of aromatic nitrogens is 1. The van der Waals surface area contributed by atoms with Gasteiger partial charge < -0.3 is 15.1 Å². The van der Waals surface area contributed by atoms with Gasteiger partial charge in [0.1, 0.15) is 5.75 Å². The second-order valence-electron chi connectivity index (χ2n) is 10.7. The van der Waals surface area contributed by atoms with Gasteiger partial charge in [0.25, 0.3) is 0 Å². The molecule has 6 nitrogen and oxygen atoms in total. The molecular weight excluding hydrogens is 434 g/mol. The van der Waals surface area contributed by atoms with Gasteiger partial charge in [0.05, 0.1) is 17.7 Å². The van der Waals surface area contributed by atoms with Crippen molar-refractivity contribution in [1.82, 2.24) is 14.2 Å². The van der Waals surface area contributed by atoms with Crippen molar-refractivity contribution in [3.05, 3.63) is 46.0 Å². The van der Waals surface area contributed by atoms with Gasteiger partial charge in [-0.25, -0.2) is 0 Å². The van der Waals surface area contributed by atoms with E-state index in [1.54, 1.807) is 6.07 Å². The minimum atomic E-state index is -0.896. The fourth-order valence-electron chi connectivity index (χ4n) is 6.88. The predicted octanol–water partition coefficient (Wildman–Crippen LogP) is 3.03. The number of fused-ring (bicyclic) bond motifs is 1. The Balaban J connectivity index is 1.34. The Morgan fingerprint density at radius 2 is 1.97 bits per heavy atom. The summed E-state index contributed by atoms with van der Waals surface area (Å²) in [7, 11) is 0. The van der Waals surface area contributed by atoms with Crippen molar-refractivity contribution < 1.29 is 15.0 Å². The number of aryl methyl sites for hydroxylation is 1. The van der Waals surface area contributed by atoms with Gasteiger partial charge >= 0.3 is 0 Å². The van der Waals surface area contributed by atoms with Crippen LogP contribution in [-0.4, -0.2) is 68.1 Å². The van der Waals surface area contributed by atoms with E-state index < -0.39 is 11.0 Å². The summed E-state index contributed by atoms with van der Waals surface area (Å²) in [6, 6.07) is 7.79. The van der Waals surface area contributed by atoms with Gasteiger partial charge in [-0.15, -0.1) is 0 Å². The summed E-state index contributed by atoms with van der Waals surface area (Å²) < 4.78 is 4.40. The Hall–Kier alpha value is -1.96. The maximum atomic E-state index is 13.2. The number of benzene rings is 1. The number of piperidine rings is 1. The zero-order valence-electron chi connectivity index (χ0n) is 19.3. The number of nitrogens with zero attached hydrogens (tertiary/aromatic N) is 3. The number of likely N-dealkylation sites (tertiary alicyclic amines) is 2. The monoisotopic (exact) mass is 467 g/mol. The van der Waals surface area contributed by atoms with Crippen LogP contribution in [0.5, 0.6) is 5.75 Å². The quantitative estimate of drug-likeness (QED) is 0.723. The fourth-order valence-corrected chi connectivity index (χ4v) is 7.45. The molecule has 33 heavy (non-hydrogen) atoms. The molecule has 4 aliphatic rings. The molecule has 3 heterocycles. The molecule has 3 fully saturated rings. The van der Waals surface area contributed by atoms with E-state index in [0.29, 0.717) is 25.9 Å². The highest BCUT2D eigenvalue weighted by molar-refractivity contribution is 7.05. The van der Waals surface area contributed by atoms with Crippen LogP contribution in [0, 0.1) is 12.8 Å². The molecule has 2 N–H and O–H groups in total. The largest absolute Gasteiger partial charge is 0.508 e. The van der Waals surface area contributed by atoms with E-state index in [9.17, 15) is 15.0 Å². The zero-order valence-corrected chi connectivity index (χ0v) is 20.1. The number of aliphatic hydroxyl groups is 1. The topological polar surface area (TPSA) is 76.9 Å². The Bertz CT molecular complexity index is 1080. The summed E-state index contributed by atoms with van der Waals surface area (Å²) >= 11 is 1.44. The first-order valence-electron chi connectivity index (χ1n) is 12.4. The van der Waals surface area contributed by atoms with Gasteiger partial charge in [-0.05, 0) is 98.8 Å². The van der Waals surface area contributed by atoms with Crippen molar-refractivity contribution in [2.75, 3.05) is 26.2 Å². The van der Waals surface area contributed by atoms with E-state index in [-0.39, 0.29) is 17.7 Å². The van der Waals surface area contributed by atoms with Crippen LogP contribution in [0.1, 0.15) is 53.8 Å². The van der Waals surface area contributed by atoms with Gasteiger partial charge in [0.2, 0.25) is 5.91 Å². The van der Waals surface area contributed by atoms with Gasteiger partial charge in [-0.2, -0.15) is 4.37 Å². The first-order chi connectivity index (χ1) is 15.9. The van der Waals surface area contributed by atoms with Crippen molar-refractivity contribution in [3.8, 4) is 5.75 Å². The number of hydrogen-bond acceptors (Lipinski definition) is 6. The molecule has 176 valence electrons. The van der Waals surface area contributed by atoms with Crippen LogP contribution in [0.4, 0.5) is 0 Å². The molecule has 0 radical (unpaired) electrons. The van der Waals surface area contributed by atoms with Crippen LogP contribution in [0.3, 0.4) is 0 Å². The SMILES string of the molecule is Cc1cc(CC(=O)N2CC[C@]34CCN(CC5CC5)[C@H](Cc5ccc(O)cc53)[C@]4(O)CC2)ns1. The third kappa shape index (κ3) is 3.51. The molecule has 3 atom stereocenters. The van der Waals surface area contributed by atoms with E-state index >= 15 is 0 Å². The van der Waals surface area contributed by atoms with E-state index in [1.165, 1.54) is 29.9 Å². The summed E-state index contributed by atoms with van der Waals surface area (Å²) in [5, 5.41) is 22.9. The molecular formula is C26H33N3O3S. The summed E-state index contributed by atoms with van der Waals surface area (Å²) in [5.74, 6) is 1.13. The number of rotatable bonds is 4. The molecule has 1 amide bonds. The van der Waals surface area contributed by atoms with E-state index in [0.717, 1.165) is 54.4 Å². The van der Waals surface area contributed by atoms with Crippen LogP contribution in [-0.2, 0) is 23.1 Å². The van der Waals surface area contributed by atoms with Gasteiger partial charge in [0, 0.05) is 36.0 Å². The smallest absolute Gasteiger partial charge is 0.228 e. The number of hydrogen-bond donors (Lipinski definition) is 2. The highest BCUT2D eigenvalue weighted by atomic mass is 32.1. The summed E-state index contributed by atoms with van der Waals surface area (Å²) in [6.07, 6.45) is 5.92. The Kier molecular flexibility index (Phi) is 5.09. The number of carbonyl (C=O) groups excluding carboxylic acids is 1. The second kappa shape index (κ2) is 7.79. The first-order valence-corrected chi connectivity index (χ1v) is 13.1. The highest BCUT2D eigenvalue weighted by Crippen LogP contribution is 2.56. The van der Waals surface area contributed by atoms with E-state index in [4.69, 9.17) is 0 Å². The number of phenolic OH excluding ortho intramolecular Hbond substituents is 1. The number of carbonyl (C=O) groups is 1. The van der Waals surface area contributed by atoms with Crippen molar-refractivity contribution >= 4 is 17.4 Å². The van der Waals surface area contributed by atoms with Crippen LogP contribution in [0.25, 0.3) is 0 Å². The lowest BCUT2D eigenvalue weighted by atomic mass is 9.52. The minimum absolute atomic E-state index is 0.0696. The maximum absolute atomic E-state index is 13.2. The van der Waals surface area contributed by atoms with Crippen molar-refractivity contribution in [2.24, 2.45) is 5.92 Å². The fraction of sp³-hybridized carbons (Fsp3) is 0.615. The van der Waals surface area contributed by atoms with Crippen molar-refractivity contribution in [2.45, 2.75) is 68.9 Å². The lowest BCUT2D eigenvalue weighted by Crippen LogP contribution is -2.71. The standard InChI is InChI=1S/C26H33N3O3S/c1-17-12-20(27-33-17)14-24(31)28-9-6-25-7-10-29(16-18-2-3-18)23(26(25,32)8-11-28)13-19-4-5-21(30)15-22(19)25/h4-5,12,15,18,23,30,32H,2-3,6-11,13-14,16H2,1H3/t23-,25+,26-/m1/s1. The third-order valence-corrected chi connectivity index (χ3v) is 9.52. The maximum Gasteiger partial charge on any atom is 0.228 e. The lowest BCUT2D eigenvalue weighted by molar-refractivity contribution is -0.149. The highest BCUT2D eigenvalue weighted by Gasteiger charge is 2.63. The Morgan fingerprint density at radius 3 is 2.73 bits per heavy atom. The van der Waals surface area contributed by atoms with Crippen LogP contribution < -0.4 is 0 Å². The van der Waals surface area contributed by atoms with E-state index in [2.05, 4.69) is 15.3 Å². The summed E-state index contributed by atoms with van der Waals surface area (Å²) in [6.45, 7) is 5.27. The van der Waals surface area contributed by atoms with Crippen LogP contribution in [0.15, 0.2) is 24.3 Å². The van der Waals surface area contributed by atoms with Crippen molar-refractivity contribution in [1.29, 1.82) is 0 Å². The van der Waals surface area contributed by atoms with Gasteiger partial charge in [0.15, 0.2) is 0 Å². The van der Waals surface area contributed by atoms with Crippen LogP contribution in [0.2, 0.25) is 0 Å². The molecule has 2 aromatic rings. The summed E-state index contributed by atoms with van der Waals surface area (Å²) in [5.41, 5.74) is 1.88. The third-order valence-electron chi connectivity index (χ3n) is 8.79. The molecule has 7 heteroatoms. The zero-order chi connectivity index (χ0) is 22.8. The number of aromatic hydroxyl groups is 1. The molecule has 2 saturated heterocycles. The normalized spacial score (nSPS) is 31.6. The average molecular weight is 468 g/mol. The molecule has 1 aromatic heterocycles. The first kappa shape index (κ1) is 21.6. The minimum Gasteiger partial charge on any atom is -0.508 e. The van der Waals surface area contributed by atoms with Gasteiger partial charge in [-0.3, -0.25) is 9.69 Å².